The van der Waals surface area contributed by atoms with Crippen LogP contribution in [0.3, 0.4) is 0 Å². The van der Waals surface area contributed by atoms with E-state index in [2.05, 4.69) is 55.3 Å². The first-order valence-electron chi connectivity index (χ1n) is 9.62. The molecule has 25 heavy (non-hydrogen) atoms. The second kappa shape index (κ2) is 10.6. The molecule has 2 aromatic rings. The Labute approximate surface area is 160 Å². The van der Waals surface area contributed by atoms with Crippen LogP contribution in [0.4, 0.5) is 0 Å². The summed E-state index contributed by atoms with van der Waals surface area (Å²) in [5, 5.41) is 0.811. The van der Waals surface area contributed by atoms with Crippen LogP contribution in [-0.2, 0) is 5.41 Å². The minimum absolute atomic E-state index is 0.130. The molecule has 2 aromatic carbocycles. The van der Waals surface area contributed by atoms with E-state index in [1.807, 2.05) is 39.8 Å². The molecule has 0 spiro atoms. The molecule has 0 unspecified atom stereocenters. The normalized spacial score (nSPS) is 16.1. The number of hydrogen-bond acceptors (Lipinski definition) is 1. The Morgan fingerprint density at radius 2 is 1.16 bits per heavy atom. The topological polar surface area (TPSA) is 3.24 Å². The van der Waals surface area contributed by atoms with Crippen molar-refractivity contribution in [2.75, 3.05) is 20.1 Å². The Morgan fingerprint density at radius 3 is 1.60 bits per heavy atom. The molecule has 138 valence electrons. The predicted octanol–water partition coefficient (Wildman–Crippen LogP) is 6.71. The van der Waals surface area contributed by atoms with Crippen molar-refractivity contribution < 1.29 is 0 Å². The van der Waals surface area contributed by atoms with Gasteiger partial charge in [0.05, 0.1) is 0 Å². The molecule has 1 aliphatic rings. The monoisotopic (exact) mass is 359 g/mol. The van der Waals surface area contributed by atoms with E-state index in [1.165, 1.54) is 16.7 Å². The average Bonchev–Trinajstić information content (AvgIpc) is 2.67. The fourth-order valence-electron chi connectivity index (χ4n) is 3.39. The van der Waals surface area contributed by atoms with Gasteiger partial charge in [-0.05, 0) is 63.2 Å². The predicted molar refractivity (Wildman–Crippen MR) is 113 cm³/mol. The highest BCUT2D eigenvalue weighted by Gasteiger charge is 2.36. The summed E-state index contributed by atoms with van der Waals surface area (Å²) in [5.74, 6) is 0. The summed E-state index contributed by atoms with van der Waals surface area (Å²) in [6.07, 6.45) is 2.32. The zero-order valence-corrected chi connectivity index (χ0v) is 17.5. The molecule has 0 radical (unpaired) electrons. The minimum Gasteiger partial charge on any atom is -0.306 e. The molecule has 1 fully saturated rings. The number of likely N-dealkylation sites (tertiary alicyclic amines) is 1. The Kier molecular flexibility index (Phi) is 9.24. The van der Waals surface area contributed by atoms with Crippen molar-refractivity contribution >= 4 is 11.6 Å². The van der Waals surface area contributed by atoms with E-state index in [0.29, 0.717) is 0 Å². The van der Waals surface area contributed by atoms with Crippen molar-refractivity contribution in [1.29, 1.82) is 0 Å². The molecule has 0 aliphatic carbocycles. The molecule has 0 aromatic heterocycles. The number of benzene rings is 2. The van der Waals surface area contributed by atoms with Crippen molar-refractivity contribution in [3.05, 3.63) is 70.2 Å². The fourth-order valence-corrected chi connectivity index (χ4v) is 3.51. The Morgan fingerprint density at radius 1 is 0.760 bits per heavy atom. The number of rotatable bonds is 2. The number of halogens is 1. The molecular formula is C23H34ClN. The second-order valence-electron chi connectivity index (χ2n) is 6.26. The highest BCUT2D eigenvalue weighted by molar-refractivity contribution is 6.30. The fraction of sp³-hybridized carbons (Fsp3) is 0.478. The van der Waals surface area contributed by atoms with Gasteiger partial charge < -0.3 is 4.90 Å². The van der Waals surface area contributed by atoms with Gasteiger partial charge in [0.25, 0.3) is 0 Å². The maximum atomic E-state index is 6.08. The van der Waals surface area contributed by atoms with E-state index in [9.17, 15) is 0 Å². The van der Waals surface area contributed by atoms with Crippen LogP contribution in [0.5, 0.6) is 0 Å². The molecular weight excluding hydrogens is 326 g/mol. The lowest BCUT2D eigenvalue weighted by molar-refractivity contribution is 0.213. The lowest BCUT2D eigenvalue weighted by atomic mass is 9.68. The summed E-state index contributed by atoms with van der Waals surface area (Å²) in [6, 6.07) is 17.5. The maximum Gasteiger partial charge on any atom is 0.0406 e. The van der Waals surface area contributed by atoms with E-state index in [1.54, 1.807) is 0 Å². The Balaban J connectivity index is 0.000000730. The van der Waals surface area contributed by atoms with Crippen molar-refractivity contribution in [2.45, 2.75) is 52.9 Å². The Bertz CT molecular complexity index is 545. The zero-order valence-electron chi connectivity index (χ0n) is 16.8. The summed E-state index contributed by atoms with van der Waals surface area (Å²) in [7, 11) is 2.21. The maximum absolute atomic E-state index is 6.08. The van der Waals surface area contributed by atoms with Gasteiger partial charge in [0.1, 0.15) is 0 Å². The van der Waals surface area contributed by atoms with Crippen molar-refractivity contribution in [3.8, 4) is 0 Å². The molecule has 1 nitrogen and oxygen atoms in total. The Hall–Kier alpha value is -1.31. The van der Waals surface area contributed by atoms with Crippen LogP contribution in [0, 0.1) is 6.92 Å². The molecule has 0 N–H and O–H groups in total. The first-order chi connectivity index (χ1) is 12.1. The lowest BCUT2D eigenvalue weighted by Gasteiger charge is -2.42. The van der Waals surface area contributed by atoms with Gasteiger partial charge in [0.2, 0.25) is 0 Å². The second-order valence-corrected chi connectivity index (χ2v) is 6.69. The smallest absolute Gasteiger partial charge is 0.0406 e. The van der Waals surface area contributed by atoms with Crippen LogP contribution in [-0.4, -0.2) is 25.0 Å². The molecule has 3 rings (SSSR count). The number of hydrogen-bond donors (Lipinski definition) is 0. The first-order valence-corrected chi connectivity index (χ1v) is 10.00. The highest BCUT2D eigenvalue weighted by atomic mass is 35.5. The van der Waals surface area contributed by atoms with E-state index in [-0.39, 0.29) is 5.41 Å². The van der Waals surface area contributed by atoms with Gasteiger partial charge in [-0.3, -0.25) is 0 Å². The standard InChI is InChI=1S/C19H22ClN.2C2H6/c1-15-3-5-16(6-4-15)19(11-13-21(2)14-12-19)17-7-9-18(20)10-8-17;2*1-2/h3-10H,11-14H2,1-2H3;2*1-2H3. The van der Waals surface area contributed by atoms with Crippen molar-refractivity contribution in [1.82, 2.24) is 4.90 Å². The van der Waals surface area contributed by atoms with Gasteiger partial charge in [-0.15, -0.1) is 0 Å². The van der Waals surface area contributed by atoms with E-state index in [4.69, 9.17) is 11.6 Å². The van der Waals surface area contributed by atoms with E-state index < -0.39 is 0 Å². The highest BCUT2D eigenvalue weighted by Crippen LogP contribution is 2.41. The van der Waals surface area contributed by atoms with Crippen LogP contribution < -0.4 is 0 Å². The SMILES string of the molecule is CC.CC.Cc1ccc(C2(c3ccc(Cl)cc3)CCN(C)CC2)cc1. The van der Waals surface area contributed by atoms with Crippen LogP contribution in [0.25, 0.3) is 0 Å². The van der Waals surface area contributed by atoms with Crippen LogP contribution in [0.1, 0.15) is 57.2 Å². The van der Waals surface area contributed by atoms with Gasteiger partial charge in [-0.2, -0.15) is 0 Å². The van der Waals surface area contributed by atoms with Gasteiger partial charge in [0.15, 0.2) is 0 Å². The molecule has 0 saturated carbocycles. The third kappa shape index (κ3) is 5.33. The molecule has 0 bridgehead atoms. The first kappa shape index (κ1) is 21.7. The molecule has 1 aliphatic heterocycles. The lowest BCUT2D eigenvalue weighted by Crippen LogP contribution is -2.41. The van der Waals surface area contributed by atoms with E-state index in [0.717, 1.165) is 31.0 Å². The summed E-state index contributed by atoms with van der Waals surface area (Å²) in [6.45, 7) is 12.4. The van der Waals surface area contributed by atoms with Gasteiger partial charge in [-0.1, -0.05) is 81.3 Å². The average molecular weight is 360 g/mol. The van der Waals surface area contributed by atoms with Gasteiger partial charge >= 0.3 is 0 Å². The number of nitrogens with zero attached hydrogens (tertiary/aromatic N) is 1. The molecule has 0 atom stereocenters. The number of aryl methyl sites for hydroxylation is 1. The molecule has 2 heteroatoms. The van der Waals surface area contributed by atoms with Gasteiger partial charge in [0, 0.05) is 10.4 Å². The van der Waals surface area contributed by atoms with Crippen LogP contribution in [0.2, 0.25) is 5.02 Å². The molecule has 0 amide bonds. The van der Waals surface area contributed by atoms with Gasteiger partial charge in [-0.25, -0.2) is 0 Å². The summed E-state index contributed by atoms with van der Waals surface area (Å²) < 4.78 is 0. The molecule has 1 saturated heterocycles. The molecule has 1 heterocycles. The summed E-state index contributed by atoms with van der Waals surface area (Å²) in [5.41, 5.74) is 4.27. The summed E-state index contributed by atoms with van der Waals surface area (Å²) in [4.78, 5) is 2.42. The van der Waals surface area contributed by atoms with E-state index >= 15 is 0 Å². The van der Waals surface area contributed by atoms with Crippen LogP contribution >= 0.6 is 11.6 Å². The summed E-state index contributed by atoms with van der Waals surface area (Å²) >= 11 is 6.08. The minimum atomic E-state index is 0.130. The quantitative estimate of drug-likeness (QED) is 0.575. The third-order valence-electron chi connectivity index (χ3n) is 4.84. The number of piperidine rings is 1. The van der Waals surface area contributed by atoms with Crippen molar-refractivity contribution in [2.24, 2.45) is 0 Å². The largest absolute Gasteiger partial charge is 0.306 e. The third-order valence-corrected chi connectivity index (χ3v) is 5.09. The zero-order chi connectivity index (χ0) is 18.9. The van der Waals surface area contributed by atoms with Crippen molar-refractivity contribution in [3.63, 3.8) is 0 Å². The van der Waals surface area contributed by atoms with Crippen LogP contribution in [0.15, 0.2) is 48.5 Å².